The molecule has 0 unspecified atom stereocenters. The number of hydrogen-bond donors (Lipinski definition) is 1. The minimum Gasteiger partial charge on any atom is -0.469 e. The average Bonchev–Trinajstić information content (AvgIpc) is 1.87. The monoisotopic (exact) mass is 143 g/mol. The fraction of sp³-hybridized carbons (Fsp3) is 0.714. The van der Waals surface area contributed by atoms with Gasteiger partial charge in [0.15, 0.2) is 0 Å². The van der Waals surface area contributed by atoms with E-state index in [1.807, 2.05) is 13.8 Å². The van der Waals surface area contributed by atoms with Gasteiger partial charge >= 0.3 is 5.97 Å². The lowest BCUT2D eigenvalue weighted by atomic mass is 10.1. The molecule has 0 amide bonds. The Hall–Kier alpha value is -0.860. The van der Waals surface area contributed by atoms with E-state index in [1.54, 1.807) is 0 Å². The van der Waals surface area contributed by atoms with Gasteiger partial charge in [-0.15, -0.1) is 0 Å². The van der Waals surface area contributed by atoms with Gasteiger partial charge in [-0.05, 0) is 5.92 Å². The van der Waals surface area contributed by atoms with Crippen molar-refractivity contribution in [3.63, 3.8) is 0 Å². The van der Waals surface area contributed by atoms with Gasteiger partial charge in [-0.2, -0.15) is 0 Å². The van der Waals surface area contributed by atoms with E-state index in [2.05, 4.69) is 4.74 Å². The molecule has 0 aliphatic carbocycles. The number of esters is 1. The van der Waals surface area contributed by atoms with Crippen LogP contribution in [0.4, 0.5) is 0 Å². The Morgan fingerprint density at radius 1 is 1.60 bits per heavy atom. The first-order valence-electron chi connectivity index (χ1n) is 3.22. The van der Waals surface area contributed by atoms with Gasteiger partial charge in [-0.3, -0.25) is 4.79 Å². The molecule has 0 radical (unpaired) electrons. The Labute approximate surface area is 60.9 Å². The third-order valence-electron chi connectivity index (χ3n) is 1.26. The molecular formula is C7H13NO2. The maximum atomic E-state index is 10.6. The van der Waals surface area contributed by atoms with Gasteiger partial charge in [0, 0.05) is 5.71 Å². The summed E-state index contributed by atoms with van der Waals surface area (Å²) >= 11 is 0. The summed E-state index contributed by atoms with van der Waals surface area (Å²) in [6, 6.07) is 0. The van der Waals surface area contributed by atoms with Crippen LogP contribution in [0.15, 0.2) is 0 Å². The minimum atomic E-state index is -0.335. The van der Waals surface area contributed by atoms with Crippen LogP contribution in [-0.4, -0.2) is 18.8 Å². The molecule has 0 aromatic rings. The lowest BCUT2D eigenvalue weighted by Gasteiger charge is -2.04. The number of ether oxygens (including phenoxy) is 1. The fourth-order valence-electron chi connectivity index (χ4n) is 0.432. The molecule has 1 N–H and O–H groups in total. The first-order valence-corrected chi connectivity index (χ1v) is 3.22. The highest BCUT2D eigenvalue weighted by Crippen LogP contribution is 1.99. The minimum absolute atomic E-state index is 0.119. The number of carbonyl (C=O) groups is 1. The Bertz CT molecular complexity index is 141. The zero-order chi connectivity index (χ0) is 8.15. The van der Waals surface area contributed by atoms with Crippen molar-refractivity contribution < 1.29 is 9.53 Å². The van der Waals surface area contributed by atoms with Crippen LogP contribution in [0.25, 0.3) is 0 Å². The maximum Gasteiger partial charge on any atom is 0.311 e. The third-order valence-corrected chi connectivity index (χ3v) is 1.26. The summed E-state index contributed by atoms with van der Waals surface area (Å²) < 4.78 is 4.39. The fourth-order valence-corrected chi connectivity index (χ4v) is 0.432. The van der Waals surface area contributed by atoms with Gasteiger partial charge in [-0.25, -0.2) is 0 Å². The molecule has 0 fully saturated rings. The average molecular weight is 143 g/mol. The van der Waals surface area contributed by atoms with E-state index in [0.717, 1.165) is 0 Å². The number of hydrogen-bond acceptors (Lipinski definition) is 3. The largest absolute Gasteiger partial charge is 0.469 e. The van der Waals surface area contributed by atoms with E-state index in [9.17, 15) is 4.79 Å². The highest BCUT2D eigenvalue weighted by Gasteiger charge is 2.08. The summed E-state index contributed by atoms with van der Waals surface area (Å²) in [7, 11) is 1.33. The van der Waals surface area contributed by atoms with Gasteiger partial charge in [-0.1, -0.05) is 13.8 Å². The zero-order valence-electron chi connectivity index (χ0n) is 6.60. The topological polar surface area (TPSA) is 50.2 Å². The summed E-state index contributed by atoms with van der Waals surface area (Å²) in [6.07, 6.45) is 0.119. The smallest absolute Gasteiger partial charge is 0.311 e. The predicted molar refractivity (Wildman–Crippen MR) is 39.2 cm³/mol. The van der Waals surface area contributed by atoms with Crippen LogP contribution in [-0.2, 0) is 9.53 Å². The maximum absolute atomic E-state index is 10.6. The Morgan fingerprint density at radius 3 is 2.40 bits per heavy atom. The first-order chi connectivity index (χ1) is 4.57. The van der Waals surface area contributed by atoms with Crippen molar-refractivity contribution in [1.29, 1.82) is 5.41 Å². The molecule has 0 aliphatic rings. The van der Waals surface area contributed by atoms with Gasteiger partial charge in [0.1, 0.15) is 0 Å². The van der Waals surface area contributed by atoms with Gasteiger partial charge in [0.25, 0.3) is 0 Å². The van der Waals surface area contributed by atoms with Crippen LogP contribution in [0.3, 0.4) is 0 Å². The summed E-state index contributed by atoms with van der Waals surface area (Å²) in [6.45, 7) is 3.76. The van der Waals surface area contributed by atoms with E-state index in [4.69, 9.17) is 5.41 Å². The molecule has 0 rings (SSSR count). The van der Waals surface area contributed by atoms with Crippen molar-refractivity contribution in [2.45, 2.75) is 20.3 Å². The van der Waals surface area contributed by atoms with E-state index in [-0.39, 0.29) is 18.3 Å². The lowest BCUT2D eigenvalue weighted by Crippen LogP contribution is -2.13. The Kier molecular flexibility index (Phi) is 3.69. The molecule has 0 aromatic heterocycles. The number of nitrogens with one attached hydrogen (secondary N) is 1. The van der Waals surface area contributed by atoms with Crippen molar-refractivity contribution in [2.75, 3.05) is 7.11 Å². The summed E-state index contributed by atoms with van der Waals surface area (Å²) in [5.41, 5.74) is 0.423. The molecule has 0 spiro atoms. The van der Waals surface area contributed by atoms with Crippen LogP contribution >= 0.6 is 0 Å². The summed E-state index contributed by atoms with van der Waals surface area (Å²) in [5, 5.41) is 7.28. The van der Waals surface area contributed by atoms with Crippen molar-refractivity contribution in [2.24, 2.45) is 5.92 Å². The predicted octanol–water partition coefficient (Wildman–Crippen LogP) is 1.23. The number of rotatable bonds is 3. The summed E-state index contributed by atoms with van der Waals surface area (Å²) in [5.74, 6) is -0.196. The van der Waals surface area contributed by atoms with E-state index >= 15 is 0 Å². The molecule has 0 heterocycles. The van der Waals surface area contributed by atoms with E-state index in [0.29, 0.717) is 5.71 Å². The second kappa shape index (κ2) is 4.04. The van der Waals surface area contributed by atoms with Crippen LogP contribution in [0.5, 0.6) is 0 Å². The molecule has 0 atom stereocenters. The zero-order valence-corrected chi connectivity index (χ0v) is 6.60. The third kappa shape index (κ3) is 3.22. The molecule has 3 nitrogen and oxygen atoms in total. The van der Waals surface area contributed by atoms with Crippen LogP contribution in [0, 0.1) is 11.3 Å². The number of methoxy groups -OCH3 is 1. The van der Waals surface area contributed by atoms with E-state index in [1.165, 1.54) is 7.11 Å². The van der Waals surface area contributed by atoms with Crippen LogP contribution in [0.2, 0.25) is 0 Å². The van der Waals surface area contributed by atoms with Crippen molar-refractivity contribution >= 4 is 11.7 Å². The van der Waals surface area contributed by atoms with Gasteiger partial charge in [0.2, 0.25) is 0 Å². The van der Waals surface area contributed by atoms with Crippen LogP contribution < -0.4 is 0 Å². The molecule has 0 bridgehead atoms. The van der Waals surface area contributed by atoms with Crippen molar-refractivity contribution in [3.8, 4) is 0 Å². The Balaban J connectivity index is 3.69. The SMILES string of the molecule is COC(=O)CC(=N)C(C)C. The van der Waals surface area contributed by atoms with Gasteiger partial charge < -0.3 is 10.1 Å². The highest BCUT2D eigenvalue weighted by molar-refractivity contribution is 5.98. The van der Waals surface area contributed by atoms with Crippen molar-refractivity contribution in [1.82, 2.24) is 0 Å². The highest BCUT2D eigenvalue weighted by atomic mass is 16.5. The quantitative estimate of drug-likeness (QED) is 0.477. The molecule has 3 heteroatoms. The molecule has 0 aliphatic heterocycles. The second-order valence-corrected chi connectivity index (χ2v) is 2.43. The molecule has 0 saturated carbocycles. The Morgan fingerprint density at radius 2 is 2.10 bits per heavy atom. The van der Waals surface area contributed by atoms with Gasteiger partial charge in [0.05, 0.1) is 13.5 Å². The van der Waals surface area contributed by atoms with Crippen LogP contribution in [0.1, 0.15) is 20.3 Å². The normalized spacial score (nSPS) is 9.60. The first kappa shape index (κ1) is 9.14. The second-order valence-electron chi connectivity index (χ2n) is 2.43. The number of carbonyl (C=O) groups excluding carboxylic acids is 1. The molecule has 0 saturated heterocycles. The van der Waals surface area contributed by atoms with Crippen molar-refractivity contribution in [3.05, 3.63) is 0 Å². The molecule has 58 valence electrons. The molecular weight excluding hydrogens is 130 g/mol. The molecule has 10 heavy (non-hydrogen) atoms. The lowest BCUT2D eigenvalue weighted by molar-refractivity contribution is -0.139. The molecule has 0 aromatic carbocycles. The summed E-state index contributed by atoms with van der Waals surface area (Å²) in [4.78, 5) is 10.6. The van der Waals surface area contributed by atoms with E-state index < -0.39 is 0 Å². The standard InChI is InChI=1S/C7H13NO2/c1-5(2)6(8)4-7(9)10-3/h5,8H,4H2,1-3H3.